The second-order valence-corrected chi connectivity index (χ2v) is 5.57. The van der Waals surface area contributed by atoms with E-state index >= 15 is 0 Å². The predicted octanol–water partition coefficient (Wildman–Crippen LogP) is 2.42. The van der Waals surface area contributed by atoms with Crippen LogP contribution in [0.5, 0.6) is 0 Å². The number of hydrogen-bond acceptors (Lipinski definition) is 2. The molecule has 1 rings (SSSR count). The smallest absolute Gasteiger partial charge is 0.309 e. The third-order valence-corrected chi connectivity index (χ3v) is 3.16. The van der Waals surface area contributed by atoms with Crippen LogP contribution in [0.25, 0.3) is 0 Å². The Bertz CT molecular complexity index is 492. The molecule has 0 aromatic heterocycles. The van der Waals surface area contributed by atoms with Gasteiger partial charge in [-0.25, -0.2) is 0 Å². The van der Waals surface area contributed by atoms with Gasteiger partial charge in [-0.3, -0.25) is 9.59 Å². The molecule has 2 N–H and O–H groups in total. The quantitative estimate of drug-likeness (QED) is 0.857. The Labute approximate surface area is 113 Å². The van der Waals surface area contributed by atoms with Gasteiger partial charge in [-0.1, -0.05) is 23.8 Å². The molecular formula is C15H21NO3. The fourth-order valence-electron chi connectivity index (χ4n) is 1.72. The Kier molecular flexibility index (Phi) is 4.70. The minimum atomic E-state index is -1.04. The Morgan fingerprint density at radius 3 is 2.47 bits per heavy atom. The zero-order chi connectivity index (χ0) is 14.6. The summed E-state index contributed by atoms with van der Waals surface area (Å²) in [5, 5.41) is 11.8. The summed E-state index contributed by atoms with van der Waals surface area (Å²) >= 11 is 0. The number of carbonyl (C=O) groups excluding carboxylic acids is 1. The summed E-state index contributed by atoms with van der Waals surface area (Å²) in [7, 11) is 0. The van der Waals surface area contributed by atoms with E-state index < -0.39 is 11.4 Å². The first-order valence-corrected chi connectivity index (χ1v) is 6.28. The normalized spacial score (nSPS) is 11.2. The van der Waals surface area contributed by atoms with Crippen LogP contribution in [0, 0.1) is 19.3 Å². The van der Waals surface area contributed by atoms with Crippen molar-refractivity contribution < 1.29 is 14.7 Å². The molecule has 0 unspecified atom stereocenters. The van der Waals surface area contributed by atoms with Gasteiger partial charge in [0.25, 0.3) is 0 Å². The average molecular weight is 263 g/mol. The lowest BCUT2D eigenvalue weighted by Crippen LogP contribution is -2.33. The van der Waals surface area contributed by atoms with Crippen LogP contribution < -0.4 is 5.32 Å². The van der Waals surface area contributed by atoms with Crippen molar-refractivity contribution in [1.82, 2.24) is 5.32 Å². The highest BCUT2D eigenvalue weighted by Gasteiger charge is 2.29. The third kappa shape index (κ3) is 4.39. The minimum Gasteiger partial charge on any atom is -0.481 e. The van der Waals surface area contributed by atoms with E-state index in [1.165, 1.54) is 0 Å². The monoisotopic (exact) mass is 263 g/mol. The Morgan fingerprint density at radius 1 is 1.26 bits per heavy atom. The van der Waals surface area contributed by atoms with Crippen molar-refractivity contribution in [2.75, 3.05) is 0 Å². The minimum absolute atomic E-state index is 0.0206. The second kappa shape index (κ2) is 5.87. The van der Waals surface area contributed by atoms with Crippen LogP contribution in [0.15, 0.2) is 18.2 Å². The molecular weight excluding hydrogens is 242 g/mol. The molecule has 4 nitrogen and oxygen atoms in total. The summed E-state index contributed by atoms with van der Waals surface area (Å²) in [4.78, 5) is 22.7. The highest BCUT2D eigenvalue weighted by atomic mass is 16.4. The second-order valence-electron chi connectivity index (χ2n) is 5.57. The third-order valence-electron chi connectivity index (χ3n) is 3.16. The highest BCUT2D eigenvalue weighted by molar-refractivity contribution is 5.84. The van der Waals surface area contributed by atoms with Crippen molar-refractivity contribution in [3.8, 4) is 0 Å². The van der Waals surface area contributed by atoms with Crippen LogP contribution in [0.4, 0.5) is 0 Å². The van der Waals surface area contributed by atoms with Gasteiger partial charge in [0.1, 0.15) is 0 Å². The molecule has 104 valence electrons. The number of carboxylic acid groups (broad SMARTS) is 1. The summed E-state index contributed by atoms with van der Waals surface area (Å²) in [5.74, 6) is -1.21. The maximum Gasteiger partial charge on any atom is 0.309 e. The van der Waals surface area contributed by atoms with Crippen LogP contribution in [0.1, 0.15) is 37.0 Å². The number of nitrogens with one attached hydrogen (secondary N) is 1. The predicted molar refractivity (Wildman–Crippen MR) is 73.8 cm³/mol. The van der Waals surface area contributed by atoms with Crippen LogP contribution >= 0.6 is 0 Å². The van der Waals surface area contributed by atoms with Gasteiger partial charge in [0.05, 0.1) is 5.41 Å². The number of benzene rings is 1. The molecule has 1 amide bonds. The van der Waals surface area contributed by atoms with Crippen LogP contribution in [-0.4, -0.2) is 17.0 Å². The van der Waals surface area contributed by atoms with Crippen molar-refractivity contribution in [2.45, 2.75) is 40.7 Å². The molecule has 0 saturated heterocycles. The molecule has 0 aliphatic heterocycles. The van der Waals surface area contributed by atoms with E-state index in [0.29, 0.717) is 6.54 Å². The SMILES string of the molecule is Cc1ccc(C)c(CNC(=O)CC(C)(C)C(=O)O)c1. The molecule has 0 spiro atoms. The topological polar surface area (TPSA) is 66.4 Å². The zero-order valence-corrected chi connectivity index (χ0v) is 11.9. The lowest BCUT2D eigenvalue weighted by molar-refractivity contribution is -0.149. The molecule has 0 bridgehead atoms. The first kappa shape index (κ1) is 15.2. The first-order valence-electron chi connectivity index (χ1n) is 6.28. The summed E-state index contributed by atoms with van der Waals surface area (Å²) in [6, 6.07) is 6.06. The number of aliphatic carboxylic acids is 1. The Hall–Kier alpha value is -1.84. The standard InChI is InChI=1S/C15H21NO3/c1-10-5-6-11(2)12(7-10)9-16-13(17)8-15(3,4)14(18)19/h5-7H,8-9H2,1-4H3,(H,16,17)(H,18,19). The van der Waals surface area contributed by atoms with Crippen molar-refractivity contribution >= 4 is 11.9 Å². The molecule has 1 aromatic rings. The van der Waals surface area contributed by atoms with E-state index in [4.69, 9.17) is 5.11 Å². The first-order chi connectivity index (χ1) is 8.72. The number of hydrogen-bond donors (Lipinski definition) is 2. The van der Waals surface area contributed by atoms with E-state index in [9.17, 15) is 9.59 Å². The molecule has 19 heavy (non-hydrogen) atoms. The Morgan fingerprint density at radius 2 is 1.89 bits per heavy atom. The van der Waals surface area contributed by atoms with Gasteiger partial charge in [-0.2, -0.15) is 0 Å². The highest BCUT2D eigenvalue weighted by Crippen LogP contribution is 2.20. The van der Waals surface area contributed by atoms with Gasteiger partial charge < -0.3 is 10.4 Å². The maximum absolute atomic E-state index is 11.8. The maximum atomic E-state index is 11.8. The molecule has 4 heteroatoms. The van der Waals surface area contributed by atoms with Gasteiger partial charge in [0.15, 0.2) is 0 Å². The lowest BCUT2D eigenvalue weighted by Gasteiger charge is -2.18. The number of amides is 1. The lowest BCUT2D eigenvalue weighted by atomic mass is 9.89. The van der Waals surface area contributed by atoms with Crippen molar-refractivity contribution in [2.24, 2.45) is 5.41 Å². The zero-order valence-electron chi connectivity index (χ0n) is 11.9. The van der Waals surface area contributed by atoms with Gasteiger partial charge in [0.2, 0.25) is 5.91 Å². The van der Waals surface area contributed by atoms with Crippen molar-refractivity contribution in [3.05, 3.63) is 34.9 Å². The summed E-state index contributed by atoms with van der Waals surface area (Å²) in [5.41, 5.74) is 2.27. The van der Waals surface area contributed by atoms with Crippen LogP contribution in [0.2, 0.25) is 0 Å². The van der Waals surface area contributed by atoms with E-state index in [2.05, 4.69) is 5.32 Å². The number of carbonyl (C=O) groups is 2. The van der Waals surface area contributed by atoms with Gasteiger partial charge >= 0.3 is 5.97 Å². The summed E-state index contributed by atoms with van der Waals surface area (Å²) < 4.78 is 0. The molecule has 0 heterocycles. The average Bonchev–Trinajstić information content (AvgIpc) is 2.29. The molecule has 0 radical (unpaired) electrons. The van der Waals surface area contributed by atoms with E-state index in [1.54, 1.807) is 13.8 Å². The van der Waals surface area contributed by atoms with Crippen LogP contribution in [-0.2, 0) is 16.1 Å². The fraction of sp³-hybridized carbons (Fsp3) is 0.467. The number of rotatable bonds is 5. The molecule has 0 aliphatic carbocycles. The molecule has 0 fully saturated rings. The molecule has 0 saturated carbocycles. The van der Waals surface area contributed by atoms with E-state index in [0.717, 1.165) is 16.7 Å². The van der Waals surface area contributed by atoms with Crippen LogP contribution in [0.3, 0.4) is 0 Å². The Balaban J connectivity index is 2.60. The molecule has 1 aromatic carbocycles. The van der Waals surface area contributed by atoms with Gasteiger partial charge in [-0.05, 0) is 38.8 Å². The van der Waals surface area contributed by atoms with E-state index in [1.807, 2.05) is 32.0 Å². The largest absolute Gasteiger partial charge is 0.481 e. The fourth-order valence-corrected chi connectivity index (χ4v) is 1.72. The number of carboxylic acids is 1. The van der Waals surface area contributed by atoms with E-state index in [-0.39, 0.29) is 12.3 Å². The van der Waals surface area contributed by atoms with Gasteiger partial charge in [-0.15, -0.1) is 0 Å². The summed E-state index contributed by atoms with van der Waals surface area (Å²) in [6.45, 7) is 7.52. The number of aryl methyl sites for hydroxylation is 2. The summed E-state index contributed by atoms with van der Waals surface area (Å²) in [6.07, 6.45) is -0.0206. The molecule has 0 atom stereocenters. The van der Waals surface area contributed by atoms with Gasteiger partial charge in [0, 0.05) is 13.0 Å². The molecule has 0 aliphatic rings. The van der Waals surface area contributed by atoms with Crippen molar-refractivity contribution in [1.29, 1.82) is 0 Å². The van der Waals surface area contributed by atoms with Crippen molar-refractivity contribution in [3.63, 3.8) is 0 Å².